The van der Waals surface area contributed by atoms with Gasteiger partial charge in [-0.25, -0.2) is 4.79 Å². The normalized spacial score (nSPS) is 19.9. The van der Waals surface area contributed by atoms with Gasteiger partial charge in [0.2, 0.25) is 0 Å². The standard InChI is InChI=1S/C18H28N2O7S/c1-2-26-17(22)6-4-3-5-11-27-18(23)15-9-7-14(8-10-15)12-20-13-16(21)19-28(20,24)25/h7-10,16,19,21,24-25H,2-6,11-13H2,1H3. The van der Waals surface area contributed by atoms with E-state index in [4.69, 9.17) is 9.47 Å². The van der Waals surface area contributed by atoms with Crippen LogP contribution in [0.3, 0.4) is 0 Å². The SMILES string of the molecule is CCOC(=O)CCCCCOC(=O)c1ccc(CN2CC(O)NS2(O)O)cc1. The van der Waals surface area contributed by atoms with Crippen molar-refractivity contribution in [3.63, 3.8) is 0 Å². The van der Waals surface area contributed by atoms with Crippen molar-refractivity contribution >= 4 is 22.9 Å². The summed E-state index contributed by atoms with van der Waals surface area (Å²) in [6, 6.07) is 6.64. The predicted octanol–water partition coefficient (Wildman–Crippen LogP) is 2.27. The molecular weight excluding hydrogens is 388 g/mol. The Kier molecular flexibility index (Phi) is 8.67. The molecule has 2 rings (SSSR count). The third kappa shape index (κ3) is 7.04. The fourth-order valence-electron chi connectivity index (χ4n) is 2.73. The first-order chi connectivity index (χ1) is 13.3. The van der Waals surface area contributed by atoms with Gasteiger partial charge in [-0.15, -0.1) is 0 Å². The van der Waals surface area contributed by atoms with E-state index < -0.39 is 23.2 Å². The number of β-amino-alcohol motifs (C(OH)–C–C–N with tert-alkyl or cyclic N) is 1. The zero-order valence-corrected chi connectivity index (χ0v) is 16.7. The summed E-state index contributed by atoms with van der Waals surface area (Å²) in [4.78, 5) is 23.3. The number of carbonyl (C=O) groups excluding carboxylic acids is 2. The number of nitrogens with one attached hydrogen (secondary N) is 1. The highest BCUT2D eigenvalue weighted by Crippen LogP contribution is 2.44. The van der Waals surface area contributed by atoms with Gasteiger partial charge in [-0.05, 0) is 43.9 Å². The molecule has 0 saturated carbocycles. The molecule has 1 aliphatic rings. The molecule has 0 spiro atoms. The molecule has 1 heterocycles. The molecule has 0 aromatic heterocycles. The molecule has 0 bridgehead atoms. The van der Waals surface area contributed by atoms with Crippen molar-refractivity contribution in [3.8, 4) is 0 Å². The number of aliphatic hydroxyl groups excluding tert-OH is 1. The lowest BCUT2D eigenvalue weighted by molar-refractivity contribution is -0.143. The van der Waals surface area contributed by atoms with Crippen molar-refractivity contribution < 1.29 is 33.3 Å². The molecule has 9 nitrogen and oxygen atoms in total. The van der Waals surface area contributed by atoms with Gasteiger partial charge in [0.05, 0.1) is 25.3 Å². The van der Waals surface area contributed by atoms with E-state index in [-0.39, 0.29) is 25.7 Å². The first-order valence-electron chi connectivity index (χ1n) is 9.22. The number of esters is 2. The molecule has 0 aliphatic carbocycles. The van der Waals surface area contributed by atoms with Crippen LogP contribution in [0, 0.1) is 0 Å². The van der Waals surface area contributed by atoms with Gasteiger partial charge in [-0.1, -0.05) is 23.1 Å². The van der Waals surface area contributed by atoms with Crippen LogP contribution < -0.4 is 4.72 Å². The van der Waals surface area contributed by atoms with Gasteiger partial charge in [0.25, 0.3) is 0 Å². The van der Waals surface area contributed by atoms with Gasteiger partial charge in [0, 0.05) is 13.0 Å². The minimum atomic E-state index is -3.18. The van der Waals surface area contributed by atoms with Crippen LogP contribution in [0.1, 0.15) is 48.5 Å². The van der Waals surface area contributed by atoms with Crippen LogP contribution in [0.5, 0.6) is 0 Å². The van der Waals surface area contributed by atoms with E-state index in [0.29, 0.717) is 31.4 Å². The molecule has 4 N–H and O–H groups in total. The lowest BCUT2D eigenvalue weighted by atomic mass is 10.1. The number of hydrogen-bond acceptors (Lipinski definition) is 9. The Balaban J connectivity index is 1.70. The second-order valence-corrected chi connectivity index (χ2v) is 8.21. The number of rotatable bonds is 10. The molecule has 1 aromatic rings. The average Bonchev–Trinajstić information content (AvgIpc) is 2.90. The van der Waals surface area contributed by atoms with Crippen molar-refractivity contribution in [2.45, 2.75) is 45.4 Å². The van der Waals surface area contributed by atoms with Gasteiger partial charge >= 0.3 is 11.9 Å². The molecule has 1 aliphatic heterocycles. The van der Waals surface area contributed by atoms with Crippen LogP contribution in [-0.4, -0.2) is 56.4 Å². The Morgan fingerprint density at radius 1 is 1.18 bits per heavy atom. The molecule has 1 aromatic carbocycles. The van der Waals surface area contributed by atoms with Crippen molar-refractivity contribution in [1.29, 1.82) is 0 Å². The largest absolute Gasteiger partial charge is 0.466 e. The molecule has 1 fully saturated rings. The summed E-state index contributed by atoms with van der Waals surface area (Å²) in [5.74, 6) is -0.639. The smallest absolute Gasteiger partial charge is 0.338 e. The molecule has 1 atom stereocenters. The number of hydrogen-bond donors (Lipinski definition) is 4. The minimum Gasteiger partial charge on any atom is -0.466 e. The van der Waals surface area contributed by atoms with Crippen LogP contribution in [0.2, 0.25) is 0 Å². The molecular formula is C18H28N2O7S. The average molecular weight is 416 g/mol. The summed E-state index contributed by atoms with van der Waals surface area (Å²) < 4.78 is 33.4. The zero-order chi connectivity index (χ0) is 20.6. The van der Waals surface area contributed by atoms with Crippen LogP contribution >= 0.6 is 11.0 Å². The number of ether oxygens (including phenoxy) is 2. The van der Waals surface area contributed by atoms with Crippen LogP contribution in [0.15, 0.2) is 24.3 Å². The van der Waals surface area contributed by atoms with Crippen molar-refractivity contribution in [2.24, 2.45) is 0 Å². The molecule has 1 unspecified atom stereocenters. The van der Waals surface area contributed by atoms with Gasteiger partial charge in [0.15, 0.2) is 0 Å². The highest BCUT2D eigenvalue weighted by molar-refractivity contribution is 8.20. The van der Waals surface area contributed by atoms with Gasteiger partial charge in [-0.2, -0.15) is 9.03 Å². The fourth-order valence-corrected chi connectivity index (χ4v) is 3.99. The summed E-state index contributed by atoms with van der Waals surface area (Å²) in [6.07, 6.45) is 1.52. The maximum atomic E-state index is 12.0. The highest BCUT2D eigenvalue weighted by atomic mass is 32.3. The Hall–Kier alpha value is -1.69. The number of nitrogens with zero attached hydrogens (tertiary/aromatic N) is 1. The molecule has 10 heteroatoms. The van der Waals surface area contributed by atoms with Crippen LogP contribution in [0.4, 0.5) is 0 Å². The molecule has 158 valence electrons. The fraction of sp³-hybridized carbons (Fsp3) is 0.556. The van der Waals surface area contributed by atoms with E-state index in [1.807, 2.05) is 0 Å². The zero-order valence-electron chi connectivity index (χ0n) is 15.9. The quantitative estimate of drug-likeness (QED) is 0.335. The van der Waals surface area contributed by atoms with Gasteiger partial charge in [-0.3, -0.25) is 13.9 Å². The van der Waals surface area contributed by atoms with Crippen molar-refractivity contribution in [2.75, 3.05) is 19.8 Å². The summed E-state index contributed by atoms with van der Waals surface area (Å²) in [5.41, 5.74) is 1.17. The van der Waals surface area contributed by atoms with Gasteiger partial charge in [0.1, 0.15) is 6.23 Å². The van der Waals surface area contributed by atoms with E-state index in [1.165, 1.54) is 4.31 Å². The maximum Gasteiger partial charge on any atom is 0.338 e. The second kappa shape index (κ2) is 10.7. The van der Waals surface area contributed by atoms with E-state index in [2.05, 4.69) is 4.72 Å². The first kappa shape index (κ1) is 22.6. The van der Waals surface area contributed by atoms with E-state index in [1.54, 1.807) is 31.2 Å². The lowest BCUT2D eigenvalue weighted by Gasteiger charge is -2.35. The van der Waals surface area contributed by atoms with E-state index in [0.717, 1.165) is 12.0 Å². The highest BCUT2D eigenvalue weighted by Gasteiger charge is 2.34. The van der Waals surface area contributed by atoms with E-state index in [9.17, 15) is 23.8 Å². The molecule has 0 amide bonds. The Bertz CT molecular complexity index is 654. The summed E-state index contributed by atoms with van der Waals surface area (Å²) in [5, 5.41) is 9.48. The number of carbonyl (C=O) groups is 2. The number of benzene rings is 1. The van der Waals surface area contributed by atoms with Crippen LogP contribution in [-0.2, 0) is 20.8 Å². The Morgan fingerprint density at radius 2 is 1.89 bits per heavy atom. The monoisotopic (exact) mass is 416 g/mol. The number of unbranched alkanes of at least 4 members (excludes halogenated alkanes) is 2. The molecule has 1 saturated heterocycles. The topological polar surface area (TPSA) is 129 Å². The van der Waals surface area contributed by atoms with Crippen molar-refractivity contribution in [1.82, 2.24) is 9.03 Å². The third-order valence-electron chi connectivity index (χ3n) is 4.14. The first-order valence-corrected chi connectivity index (χ1v) is 10.7. The summed E-state index contributed by atoms with van der Waals surface area (Å²) >= 11 is 0. The Labute approximate surface area is 166 Å². The molecule has 0 radical (unpaired) electrons. The maximum absolute atomic E-state index is 12.0. The summed E-state index contributed by atoms with van der Waals surface area (Å²) in [6.45, 7) is 2.76. The third-order valence-corrected chi connectivity index (χ3v) is 5.73. The number of aliphatic hydroxyl groups is 1. The van der Waals surface area contributed by atoms with Crippen LogP contribution in [0.25, 0.3) is 0 Å². The lowest BCUT2D eigenvalue weighted by Crippen LogP contribution is -2.25. The minimum absolute atomic E-state index is 0.0995. The van der Waals surface area contributed by atoms with Gasteiger partial charge < -0.3 is 14.6 Å². The van der Waals surface area contributed by atoms with Crippen molar-refractivity contribution in [3.05, 3.63) is 35.4 Å². The second-order valence-electron chi connectivity index (χ2n) is 6.42. The summed E-state index contributed by atoms with van der Waals surface area (Å²) in [7, 11) is -3.18. The van der Waals surface area contributed by atoms with E-state index >= 15 is 0 Å². The molecule has 28 heavy (non-hydrogen) atoms. The predicted molar refractivity (Wildman–Crippen MR) is 104 cm³/mol. The Morgan fingerprint density at radius 3 is 2.50 bits per heavy atom.